The van der Waals surface area contributed by atoms with Crippen LogP contribution in [0.3, 0.4) is 0 Å². The highest BCUT2D eigenvalue weighted by Gasteiger charge is 2.28. The standard InChI is InChI=1S/C11H7BrFNOS2/c1-14-10(15)9(17-11(14)16)5-6-2-3-8(13)7(12)4-6/h2-5H,1H3/b9-5-. The Labute approximate surface area is 116 Å². The number of hydrogen-bond acceptors (Lipinski definition) is 3. The van der Waals surface area contributed by atoms with Gasteiger partial charge in [0.05, 0.1) is 9.38 Å². The fourth-order valence-corrected chi connectivity index (χ4v) is 2.88. The van der Waals surface area contributed by atoms with Crippen LogP contribution in [0.2, 0.25) is 0 Å². The third-order valence-corrected chi connectivity index (χ3v) is 4.32. The van der Waals surface area contributed by atoms with Crippen molar-refractivity contribution in [3.63, 3.8) is 0 Å². The predicted molar refractivity (Wildman–Crippen MR) is 75.0 cm³/mol. The van der Waals surface area contributed by atoms with Crippen LogP contribution < -0.4 is 0 Å². The first-order valence-electron chi connectivity index (χ1n) is 4.65. The second-order valence-electron chi connectivity index (χ2n) is 3.41. The minimum atomic E-state index is -0.329. The van der Waals surface area contributed by atoms with Gasteiger partial charge >= 0.3 is 0 Å². The SMILES string of the molecule is CN1C(=O)/C(=C/c2ccc(F)c(Br)c2)SC1=S. The maximum atomic E-state index is 13.0. The molecule has 1 aliphatic rings. The molecule has 2 nitrogen and oxygen atoms in total. The minimum Gasteiger partial charge on any atom is -0.296 e. The van der Waals surface area contributed by atoms with E-state index in [1.165, 1.54) is 22.7 Å². The first-order valence-corrected chi connectivity index (χ1v) is 6.67. The molecule has 0 saturated carbocycles. The number of carbonyl (C=O) groups excluding carboxylic acids is 1. The molecule has 0 bridgehead atoms. The number of amides is 1. The van der Waals surface area contributed by atoms with E-state index in [-0.39, 0.29) is 11.7 Å². The molecular formula is C11H7BrFNOS2. The molecule has 0 aliphatic carbocycles. The van der Waals surface area contributed by atoms with E-state index in [4.69, 9.17) is 12.2 Å². The van der Waals surface area contributed by atoms with Crippen molar-refractivity contribution < 1.29 is 9.18 Å². The zero-order valence-electron chi connectivity index (χ0n) is 8.74. The Hall–Kier alpha value is -0.720. The summed E-state index contributed by atoms with van der Waals surface area (Å²) in [7, 11) is 1.64. The lowest BCUT2D eigenvalue weighted by molar-refractivity contribution is -0.121. The maximum absolute atomic E-state index is 13.0. The lowest BCUT2D eigenvalue weighted by atomic mass is 10.2. The Morgan fingerprint density at radius 1 is 1.53 bits per heavy atom. The third kappa shape index (κ3) is 2.59. The molecule has 1 heterocycles. The van der Waals surface area contributed by atoms with Crippen molar-refractivity contribution >= 4 is 56.2 Å². The monoisotopic (exact) mass is 331 g/mol. The smallest absolute Gasteiger partial charge is 0.265 e. The van der Waals surface area contributed by atoms with Crippen molar-refractivity contribution in [3.8, 4) is 0 Å². The summed E-state index contributed by atoms with van der Waals surface area (Å²) in [5.74, 6) is -0.453. The first kappa shape index (κ1) is 12.7. The van der Waals surface area contributed by atoms with Crippen molar-refractivity contribution in [1.82, 2.24) is 4.90 Å². The molecule has 1 fully saturated rings. The van der Waals surface area contributed by atoms with Gasteiger partial charge < -0.3 is 0 Å². The van der Waals surface area contributed by atoms with Gasteiger partial charge in [-0.05, 0) is 39.7 Å². The predicted octanol–water partition coefficient (Wildman–Crippen LogP) is 3.42. The normalized spacial score (nSPS) is 18.3. The van der Waals surface area contributed by atoms with Crippen LogP contribution in [0.4, 0.5) is 4.39 Å². The number of thioether (sulfide) groups is 1. The highest BCUT2D eigenvalue weighted by atomic mass is 79.9. The van der Waals surface area contributed by atoms with Gasteiger partial charge in [0, 0.05) is 7.05 Å². The second-order valence-corrected chi connectivity index (χ2v) is 5.94. The van der Waals surface area contributed by atoms with Crippen LogP contribution in [0, 0.1) is 5.82 Å². The van der Waals surface area contributed by atoms with E-state index in [1.54, 1.807) is 25.3 Å². The van der Waals surface area contributed by atoms with E-state index >= 15 is 0 Å². The summed E-state index contributed by atoms with van der Waals surface area (Å²) in [6.07, 6.45) is 1.70. The summed E-state index contributed by atoms with van der Waals surface area (Å²) in [5.41, 5.74) is 0.757. The summed E-state index contributed by atoms with van der Waals surface area (Å²) < 4.78 is 13.9. The van der Waals surface area contributed by atoms with E-state index in [0.717, 1.165) is 5.56 Å². The Morgan fingerprint density at radius 2 is 2.24 bits per heavy atom. The molecule has 0 radical (unpaired) electrons. The Balaban J connectivity index is 2.34. The van der Waals surface area contributed by atoms with Crippen LogP contribution in [-0.2, 0) is 4.79 Å². The van der Waals surface area contributed by atoms with Crippen LogP contribution in [0.5, 0.6) is 0 Å². The molecule has 6 heteroatoms. The maximum Gasteiger partial charge on any atom is 0.265 e. The number of hydrogen-bond donors (Lipinski definition) is 0. The molecule has 1 aromatic rings. The van der Waals surface area contributed by atoms with Gasteiger partial charge in [-0.1, -0.05) is 30.0 Å². The van der Waals surface area contributed by atoms with Gasteiger partial charge in [0.2, 0.25) is 0 Å². The van der Waals surface area contributed by atoms with Crippen molar-refractivity contribution in [2.45, 2.75) is 0 Å². The molecule has 1 aliphatic heterocycles. The van der Waals surface area contributed by atoms with Crippen molar-refractivity contribution in [3.05, 3.63) is 39.0 Å². The fourth-order valence-electron chi connectivity index (χ4n) is 1.30. The number of benzene rings is 1. The topological polar surface area (TPSA) is 20.3 Å². The summed E-state index contributed by atoms with van der Waals surface area (Å²) in [6, 6.07) is 4.59. The summed E-state index contributed by atoms with van der Waals surface area (Å²) >= 11 is 9.37. The number of nitrogens with zero attached hydrogens (tertiary/aromatic N) is 1. The van der Waals surface area contributed by atoms with Crippen LogP contribution in [-0.4, -0.2) is 22.2 Å². The van der Waals surface area contributed by atoms with E-state index in [2.05, 4.69) is 15.9 Å². The molecule has 0 N–H and O–H groups in total. The number of rotatable bonds is 1. The Bertz CT molecular complexity index is 544. The highest BCUT2D eigenvalue weighted by Crippen LogP contribution is 2.31. The van der Waals surface area contributed by atoms with Gasteiger partial charge in [0.1, 0.15) is 10.1 Å². The van der Waals surface area contributed by atoms with Crippen molar-refractivity contribution in [2.75, 3.05) is 7.05 Å². The molecule has 0 aromatic heterocycles. The fraction of sp³-hybridized carbons (Fsp3) is 0.0909. The van der Waals surface area contributed by atoms with Gasteiger partial charge in [-0.2, -0.15) is 0 Å². The zero-order chi connectivity index (χ0) is 12.6. The quantitative estimate of drug-likeness (QED) is 0.581. The molecule has 0 spiro atoms. The largest absolute Gasteiger partial charge is 0.296 e. The number of carbonyl (C=O) groups is 1. The van der Waals surface area contributed by atoms with Crippen LogP contribution in [0.1, 0.15) is 5.56 Å². The number of likely N-dealkylation sites (N-methyl/N-ethyl adjacent to an activating group) is 1. The Kier molecular flexibility index (Phi) is 3.65. The molecule has 1 saturated heterocycles. The van der Waals surface area contributed by atoms with Crippen LogP contribution in [0.15, 0.2) is 27.6 Å². The molecule has 17 heavy (non-hydrogen) atoms. The summed E-state index contributed by atoms with van der Waals surface area (Å²) in [5, 5.41) is 0. The van der Waals surface area contributed by atoms with Crippen LogP contribution in [0.25, 0.3) is 6.08 Å². The lowest BCUT2D eigenvalue weighted by Crippen LogP contribution is -2.22. The van der Waals surface area contributed by atoms with E-state index in [0.29, 0.717) is 13.7 Å². The molecule has 1 aromatic carbocycles. The van der Waals surface area contributed by atoms with Gasteiger partial charge in [0.15, 0.2) is 0 Å². The minimum absolute atomic E-state index is 0.125. The third-order valence-electron chi connectivity index (χ3n) is 2.23. The first-order chi connectivity index (χ1) is 7.99. The average Bonchev–Trinajstić information content (AvgIpc) is 2.52. The number of halogens is 2. The summed E-state index contributed by atoms with van der Waals surface area (Å²) in [4.78, 5) is 13.7. The van der Waals surface area contributed by atoms with Gasteiger partial charge in [-0.15, -0.1) is 0 Å². The molecule has 0 unspecified atom stereocenters. The molecular weight excluding hydrogens is 325 g/mol. The van der Waals surface area contributed by atoms with Crippen molar-refractivity contribution in [2.24, 2.45) is 0 Å². The molecule has 1 amide bonds. The van der Waals surface area contributed by atoms with E-state index in [1.807, 2.05) is 0 Å². The van der Waals surface area contributed by atoms with Gasteiger partial charge in [-0.3, -0.25) is 9.69 Å². The second kappa shape index (κ2) is 4.88. The molecule has 0 atom stereocenters. The average molecular weight is 332 g/mol. The van der Waals surface area contributed by atoms with Crippen LogP contribution >= 0.6 is 39.9 Å². The molecule has 88 valence electrons. The van der Waals surface area contributed by atoms with E-state index < -0.39 is 0 Å². The van der Waals surface area contributed by atoms with Gasteiger partial charge in [0.25, 0.3) is 5.91 Å². The summed E-state index contributed by atoms with van der Waals surface area (Å²) in [6.45, 7) is 0. The van der Waals surface area contributed by atoms with Crippen molar-refractivity contribution in [1.29, 1.82) is 0 Å². The Morgan fingerprint density at radius 3 is 2.76 bits per heavy atom. The molecule has 2 rings (SSSR count). The number of thiocarbonyl (C=S) groups is 1. The van der Waals surface area contributed by atoms with Gasteiger partial charge in [-0.25, -0.2) is 4.39 Å². The highest BCUT2D eigenvalue weighted by molar-refractivity contribution is 9.10. The van der Waals surface area contributed by atoms with E-state index in [9.17, 15) is 9.18 Å². The lowest BCUT2D eigenvalue weighted by Gasteiger charge is -2.03. The zero-order valence-corrected chi connectivity index (χ0v) is 12.0.